The number of nitro groups is 1. The first kappa shape index (κ1) is 12.1. The second kappa shape index (κ2) is 5.33. The third-order valence-corrected chi connectivity index (χ3v) is 2.96. The molecular weight excluding hydrogens is 252 g/mol. The van der Waals surface area contributed by atoms with E-state index in [-0.39, 0.29) is 11.5 Å². The molecule has 0 amide bonds. The average molecular weight is 260 g/mol. The van der Waals surface area contributed by atoms with Crippen molar-refractivity contribution in [3.05, 3.63) is 62.6 Å². The summed E-state index contributed by atoms with van der Waals surface area (Å²) in [5.41, 5.74) is 0.754. The fourth-order valence-corrected chi connectivity index (χ4v) is 1.85. The van der Waals surface area contributed by atoms with Crippen molar-refractivity contribution in [2.75, 3.05) is 0 Å². The van der Waals surface area contributed by atoms with Gasteiger partial charge < -0.3 is 0 Å². The van der Waals surface area contributed by atoms with E-state index in [0.29, 0.717) is 5.01 Å². The molecule has 2 aromatic rings. The molecule has 18 heavy (non-hydrogen) atoms. The Morgan fingerprint density at radius 1 is 1.33 bits per heavy atom. The number of aromatic nitrogens is 1. The van der Waals surface area contributed by atoms with Gasteiger partial charge in [0.25, 0.3) is 5.69 Å². The molecule has 0 spiro atoms. The lowest BCUT2D eigenvalue weighted by molar-refractivity contribution is -0.384. The van der Waals surface area contributed by atoms with E-state index in [2.05, 4.69) is 4.98 Å². The van der Waals surface area contributed by atoms with Crippen molar-refractivity contribution >= 4 is 28.9 Å². The van der Waals surface area contributed by atoms with Crippen LogP contribution in [-0.4, -0.2) is 15.7 Å². The summed E-state index contributed by atoms with van der Waals surface area (Å²) in [6.45, 7) is 0. The number of ketones is 1. The standard InChI is InChI=1S/C12H8N2O3S/c15-11(12-13-7-8-18-12)6-3-9-1-4-10(5-2-9)14(16)17/h1-8H/b6-3+. The number of hydrogen-bond acceptors (Lipinski definition) is 5. The average Bonchev–Trinajstić information content (AvgIpc) is 2.90. The molecule has 1 aromatic heterocycles. The summed E-state index contributed by atoms with van der Waals surface area (Å²) in [7, 11) is 0. The summed E-state index contributed by atoms with van der Waals surface area (Å²) in [5, 5.41) is 12.6. The van der Waals surface area contributed by atoms with E-state index in [1.165, 1.54) is 29.5 Å². The first-order valence-corrected chi connectivity index (χ1v) is 5.91. The topological polar surface area (TPSA) is 73.1 Å². The van der Waals surface area contributed by atoms with E-state index in [4.69, 9.17) is 0 Å². The molecule has 0 aliphatic rings. The van der Waals surface area contributed by atoms with Gasteiger partial charge in [-0.25, -0.2) is 4.98 Å². The molecule has 0 saturated heterocycles. The minimum absolute atomic E-state index is 0.0263. The summed E-state index contributed by atoms with van der Waals surface area (Å²) in [6.07, 6.45) is 4.57. The van der Waals surface area contributed by atoms with Gasteiger partial charge in [-0.3, -0.25) is 14.9 Å². The number of non-ortho nitro benzene ring substituents is 1. The highest BCUT2D eigenvalue weighted by molar-refractivity contribution is 7.11. The molecule has 0 saturated carbocycles. The van der Waals surface area contributed by atoms with Gasteiger partial charge >= 0.3 is 0 Å². The van der Waals surface area contributed by atoms with Crippen molar-refractivity contribution in [1.82, 2.24) is 4.98 Å². The predicted molar refractivity (Wildman–Crippen MR) is 68.6 cm³/mol. The van der Waals surface area contributed by atoms with Gasteiger partial charge in [-0.2, -0.15) is 0 Å². The second-order valence-electron chi connectivity index (χ2n) is 3.38. The molecule has 0 atom stereocenters. The van der Waals surface area contributed by atoms with Gasteiger partial charge in [0.1, 0.15) is 0 Å². The zero-order valence-electron chi connectivity index (χ0n) is 9.15. The number of carbonyl (C=O) groups excluding carboxylic acids is 1. The molecule has 0 aliphatic carbocycles. The molecule has 2 rings (SSSR count). The summed E-state index contributed by atoms with van der Waals surface area (Å²) in [5.74, 6) is -0.177. The van der Waals surface area contributed by atoms with Gasteiger partial charge in [0.05, 0.1) is 4.92 Å². The Hall–Kier alpha value is -2.34. The second-order valence-corrected chi connectivity index (χ2v) is 4.28. The van der Waals surface area contributed by atoms with Crippen LogP contribution in [0.3, 0.4) is 0 Å². The summed E-state index contributed by atoms with van der Waals surface area (Å²) >= 11 is 1.27. The monoisotopic (exact) mass is 260 g/mol. The first-order chi connectivity index (χ1) is 8.66. The summed E-state index contributed by atoms with van der Waals surface area (Å²) < 4.78 is 0. The van der Waals surface area contributed by atoms with Crippen molar-refractivity contribution in [2.45, 2.75) is 0 Å². The van der Waals surface area contributed by atoms with Crippen LogP contribution in [0.15, 0.2) is 41.9 Å². The zero-order valence-corrected chi connectivity index (χ0v) is 9.96. The minimum atomic E-state index is -0.464. The number of rotatable bonds is 4. The molecule has 0 unspecified atom stereocenters. The van der Waals surface area contributed by atoms with Crippen molar-refractivity contribution in [1.29, 1.82) is 0 Å². The van der Waals surface area contributed by atoms with Crippen LogP contribution >= 0.6 is 11.3 Å². The molecule has 0 aliphatic heterocycles. The molecule has 0 fully saturated rings. The Labute approximate surface area is 107 Å². The van der Waals surface area contributed by atoms with Crippen molar-refractivity contribution < 1.29 is 9.72 Å². The van der Waals surface area contributed by atoms with Crippen LogP contribution in [0.2, 0.25) is 0 Å². The Kier molecular flexibility index (Phi) is 3.59. The fraction of sp³-hybridized carbons (Fsp3) is 0. The van der Waals surface area contributed by atoms with Gasteiger partial charge in [0, 0.05) is 23.7 Å². The Balaban J connectivity index is 2.09. The van der Waals surface area contributed by atoms with Gasteiger partial charge in [-0.1, -0.05) is 6.08 Å². The zero-order chi connectivity index (χ0) is 13.0. The largest absolute Gasteiger partial charge is 0.287 e. The Morgan fingerprint density at radius 2 is 2.06 bits per heavy atom. The van der Waals surface area contributed by atoms with Gasteiger partial charge in [-0.15, -0.1) is 11.3 Å². The molecule has 5 nitrogen and oxygen atoms in total. The van der Waals surface area contributed by atoms with Crippen LogP contribution in [0.1, 0.15) is 15.4 Å². The maximum Gasteiger partial charge on any atom is 0.269 e. The number of benzene rings is 1. The van der Waals surface area contributed by atoms with Crippen LogP contribution < -0.4 is 0 Å². The molecule has 90 valence electrons. The molecule has 1 aromatic carbocycles. The first-order valence-electron chi connectivity index (χ1n) is 5.03. The highest BCUT2D eigenvalue weighted by Crippen LogP contribution is 2.13. The quantitative estimate of drug-likeness (QED) is 0.366. The van der Waals surface area contributed by atoms with E-state index in [1.54, 1.807) is 29.8 Å². The highest BCUT2D eigenvalue weighted by atomic mass is 32.1. The van der Waals surface area contributed by atoms with Crippen LogP contribution in [-0.2, 0) is 0 Å². The fourth-order valence-electron chi connectivity index (χ4n) is 1.30. The van der Waals surface area contributed by atoms with Crippen LogP contribution in [0, 0.1) is 10.1 Å². The molecule has 1 heterocycles. The number of hydrogen-bond donors (Lipinski definition) is 0. The lowest BCUT2D eigenvalue weighted by atomic mass is 10.2. The maximum absolute atomic E-state index is 11.6. The van der Waals surface area contributed by atoms with Crippen LogP contribution in [0.4, 0.5) is 5.69 Å². The lowest BCUT2D eigenvalue weighted by Crippen LogP contribution is -1.92. The molecule has 0 bridgehead atoms. The van der Waals surface area contributed by atoms with Crippen LogP contribution in [0.25, 0.3) is 6.08 Å². The minimum Gasteiger partial charge on any atom is -0.287 e. The molecular formula is C12H8N2O3S. The van der Waals surface area contributed by atoms with E-state index >= 15 is 0 Å². The Bertz CT molecular complexity index is 588. The predicted octanol–water partition coefficient (Wildman–Crippen LogP) is 2.95. The van der Waals surface area contributed by atoms with Gasteiger partial charge in [0.15, 0.2) is 5.01 Å². The highest BCUT2D eigenvalue weighted by Gasteiger charge is 2.05. The third-order valence-electron chi connectivity index (χ3n) is 2.17. The normalized spacial score (nSPS) is 10.7. The lowest BCUT2D eigenvalue weighted by Gasteiger charge is -1.93. The van der Waals surface area contributed by atoms with E-state index in [0.717, 1.165) is 5.56 Å². The van der Waals surface area contributed by atoms with E-state index < -0.39 is 4.92 Å². The number of carbonyl (C=O) groups is 1. The number of nitrogens with zero attached hydrogens (tertiary/aromatic N) is 2. The molecule has 6 heteroatoms. The Morgan fingerprint density at radius 3 is 2.61 bits per heavy atom. The third kappa shape index (κ3) is 2.86. The van der Waals surface area contributed by atoms with Gasteiger partial charge in [-0.05, 0) is 23.8 Å². The van der Waals surface area contributed by atoms with Crippen LogP contribution in [0.5, 0.6) is 0 Å². The molecule has 0 radical (unpaired) electrons. The number of allylic oxidation sites excluding steroid dienone is 1. The maximum atomic E-state index is 11.6. The smallest absolute Gasteiger partial charge is 0.269 e. The number of thiazole rings is 1. The van der Waals surface area contributed by atoms with Crippen molar-refractivity contribution in [3.63, 3.8) is 0 Å². The van der Waals surface area contributed by atoms with Crippen molar-refractivity contribution in [2.24, 2.45) is 0 Å². The van der Waals surface area contributed by atoms with E-state index in [9.17, 15) is 14.9 Å². The van der Waals surface area contributed by atoms with Gasteiger partial charge in [0.2, 0.25) is 5.78 Å². The summed E-state index contributed by atoms with van der Waals surface area (Å²) in [4.78, 5) is 25.5. The molecule has 0 N–H and O–H groups in total. The van der Waals surface area contributed by atoms with Crippen molar-refractivity contribution in [3.8, 4) is 0 Å². The number of nitro benzene ring substituents is 1. The van der Waals surface area contributed by atoms with E-state index in [1.807, 2.05) is 0 Å². The summed E-state index contributed by atoms with van der Waals surface area (Å²) in [6, 6.07) is 5.97. The SMILES string of the molecule is O=C(/C=C/c1ccc([N+](=O)[O-])cc1)c1nccs1.